The highest BCUT2D eigenvalue weighted by Gasteiger charge is 2.15. The Morgan fingerprint density at radius 2 is 1.75 bits per heavy atom. The van der Waals surface area contributed by atoms with Gasteiger partial charge in [-0.3, -0.25) is 0 Å². The lowest BCUT2D eigenvalue weighted by Gasteiger charge is -1.85. The first-order valence-electron chi connectivity index (χ1n) is 3.88. The van der Waals surface area contributed by atoms with Gasteiger partial charge in [0, 0.05) is 5.39 Å². The summed E-state index contributed by atoms with van der Waals surface area (Å²) in [7, 11) is 0. The molecule has 4 aromatic rings. The molecule has 0 N–H and O–H groups in total. The van der Waals surface area contributed by atoms with Gasteiger partial charge < -0.3 is 8.83 Å². The van der Waals surface area contributed by atoms with Gasteiger partial charge in [-0.05, 0) is 23.6 Å². The summed E-state index contributed by atoms with van der Waals surface area (Å²) >= 11 is 0. The summed E-state index contributed by atoms with van der Waals surface area (Å²) in [5, 5.41) is 2.37. The molecule has 2 heteroatoms. The van der Waals surface area contributed by atoms with E-state index in [1.54, 1.807) is 0 Å². The Bertz CT molecular complexity index is 656. The van der Waals surface area contributed by atoms with Gasteiger partial charge in [-0.2, -0.15) is 0 Å². The lowest BCUT2D eigenvalue weighted by Crippen LogP contribution is -1.63. The quantitative estimate of drug-likeness (QED) is 0.390. The maximum atomic E-state index is 5.27. The van der Waals surface area contributed by atoms with Crippen LogP contribution in [-0.4, -0.2) is 0 Å². The fourth-order valence-corrected chi connectivity index (χ4v) is 1.61. The van der Waals surface area contributed by atoms with Crippen LogP contribution in [0.3, 0.4) is 0 Å². The highest BCUT2D eigenvalue weighted by atomic mass is 16.4. The minimum Gasteiger partial charge on any atom is -0.449 e. The summed E-state index contributed by atoms with van der Waals surface area (Å²) in [6, 6.07) is 8.14. The van der Waals surface area contributed by atoms with E-state index >= 15 is 0 Å². The van der Waals surface area contributed by atoms with E-state index in [4.69, 9.17) is 8.83 Å². The molecule has 56 valence electrons. The van der Waals surface area contributed by atoms with Crippen molar-refractivity contribution in [3.05, 3.63) is 24.3 Å². The lowest BCUT2D eigenvalue weighted by molar-refractivity contribution is 0.756. The summed E-state index contributed by atoms with van der Waals surface area (Å²) in [4.78, 5) is 0. The zero-order chi connectivity index (χ0) is 7.71. The zero-order valence-corrected chi connectivity index (χ0v) is 6.13. The van der Waals surface area contributed by atoms with Crippen molar-refractivity contribution in [2.24, 2.45) is 0 Å². The first kappa shape index (κ1) is 5.04. The minimum absolute atomic E-state index is 0.992. The fourth-order valence-electron chi connectivity index (χ4n) is 1.61. The van der Waals surface area contributed by atoms with Crippen LogP contribution < -0.4 is 0 Å². The van der Waals surface area contributed by atoms with Crippen LogP contribution >= 0.6 is 0 Å². The molecule has 2 aromatic heterocycles. The molecule has 0 saturated heterocycles. The van der Waals surface area contributed by atoms with E-state index in [1.807, 2.05) is 18.2 Å². The molecule has 0 bridgehead atoms. The van der Waals surface area contributed by atoms with Crippen LogP contribution in [0.5, 0.6) is 0 Å². The molecule has 0 saturated carbocycles. The molecule has 0 radical (unpaired) electrons. The van der Waals surface area contributed by atoms with E-state index in [-0.39, 0.29) is 0 Å². The Morgan fingerprint density at radius 3 is 2.75 bits per heavy atom. The van der Waals surface area contributed by atoms with E-state index in [2.05, 4.69) is 6.07 Å². The van der Waals surface area contributed by atoms with Gasteiger partial charge in [0.2, 0.25) is 0 Å². The second-order valence-corrected chi connectivity index (χ2v) is 3.12. The molecular weight excluding hydrogens is 152 g/mol. The van der Waals surface area contributed by atoms with Crippen molar-refractivity contribution in [2.45, 2.75) is 0 Å². The van der Waals surface area contributed by atoms with Crippen LogP contribution in [0.4, 0.5) is 0 Å². The van der Waals surface area contributed by atoms with Gasteiger partial charge in [0.1, 0.15) is 0 Å². The van der Waals surface area contributed by atoms with Gasteiger partial charge in [-0.1, -0.05) is 6.07 Å². The van der Waals surface area contributed by atoms with Crippen molar-refractivity contribution in [3.63, 3.8) is 0 Å². The van der Waals surface area contributed by atoms with E-state index in [0.717, 1.165) is 22.3 Å². The van der Waals surface area contributed by atoms with Crippen LogP contribution in [0.25, 0.3) is 33.1 Å². The third-order valence-corrected chi connectivity index (χ3v) is 2.35. The fraction of sp³-hybridized carbons (Fsp3) is 0. The van der Waals surface area contributed by atoms with Crippen molar-refractivity contribution in [3.8, 4) is 0 Å². The minimum atomic E-state index is 0.992. The van der Waals surface area contributed by atoms with E-state index in [1.165, 1.54) is 10.8 Å². The molecule has 0 atom stereocenters. The van der Waals surface area contributed by atoms with Crippen LogP contribution in [0.2, 0.25) is 0 Å². The Hall–Kier alpha value is -1.70. The summed E-state index contributed by atoms with van der Waals surface area (Å²) in [5.74, 6) is 0. The number of fused-ring (bicyclic) bond motifs is 4. The Balaban J connectivity index is 2.42. The summed E-state index contributed by atoms with van der Waals surface area (Å²) in [6.45, 7) is 0. The maximum Gasteiger partial charge on any atom is 0.178 e. The highest BCUT2D eigenvalue weighted by molar-refractivity contribution is 6.11. The normalized spacial score (nSPS) is 13.0. The number of hydrogen-bond donors (Lipinski definition) is 0. The molecule has 0 spiro atoms. The van der Waals surface area contributed by atoms with Crippen molar-refractivity contribution in [2.75, 3.05) is 0 Å². The second-order valence-electron chi connectivity index (χ2n) is 3.12. The van der Waals surface area contributed by atoms with Gasteiger partial charge in [0.15, 0.2) is 22.3 Å². The molecule has 0 fully saturated rings. The first-order chi connectivity index (χ1) is 5.92. The first-order valence-corrected chi connectivity index (χ1v) is 3.88. The predicted octanol–water partition coefficient (Wildman–Crippen LogP) is 3.21. The molecule has 4 rings (SSSR count). The molecule has 2 heterocycles. The maximum absolute atomic E-state index is 5.27. The summed E-state index contributed by atoms with van der Waals surface area (Å²) in [6.07, 6.45) is 0. The Kier molecular flexibility index (Phi) is 0.541. The van der Waals surface area contributed by atoms with Crippen molar-refractivity contribution in [1.29, 1.82) is 0 Å². The monoisotopic (exact) mass is 156 g/mol. The lowest BCUT2D eigenvalue weighted by atomic mass is 10.1. The molecule has 0 unspecified atom stereocenters. The number of hydrogen-bond acceptors (Lipinski definition) is 2. The largest absolute Gasteiger partial charge is 0.449 e. The predicted molar refractivity (Wildman–Crippen MR) is 45.9 cm³/mol. The van der Waals surface area contributed by atoms with Gasteiger partial charge >= 0.3 is 0 Å². The number of benzene rings is 2. The highest BCUT2D eigenvalue weighted by Crippen LogP contribution is 2.37. The molecule has 0 amide bonds. The zero-order valence-electron chi connectivity index (χ0n) is 6.13. The Labute approximate surface area is 67.0 Å². The van der Waals surface area contributed by atoms with Crippen molar-refractivity contribution >= 4 is 33.1 Å². The van der Waals surface area contributed by atoms with Gasteiger partial charge in [0.05, 0.1) is 0 Å². The van der Waals surface area contributed by atoms with Crippen molar-refractivity contribution in [1.82, 2.24) is 0 Å². The average Bonchev–Trinajstić information content (AvgIpc) is 2.95. The van der Waals surface area contributed by atoms with Gasteiger partial charge in [0.25, 0.3) is 0 Å². The number of rotatable bonds is 0. The second kappa shape index (κ2) is 1.29. The molecule has 0 aliphatic heterocycles. The summed E-state index contributed by atoms with van der Waals surface area (Å²) < 4.78 is 10.5. The molecule has 0 aliphatic rings. The van der Waals surface area contributed by atoms with Crippen molar-refractivity contribution < 1.29 is 8.83 Å². The molecule has 0 aliphatic carbocycles. The standard InChI is InChI=1S/C10H4O2/c1-2-7-10(12-7)6-4-9-8(11-9)3-5(1)6/h1-4H. The van der Waals surface area contributed by atoms with Gasteiger partial charge in [-0.15, -0.1) is 0 Å². The van der Waals surface area contributed by atoms with E-state index < -0.39 is 0 Å². The van der Waals surface area contributed by atoms with E-state index in [0.29, 0.717) is 0 Å². The van der Waals surface area contributed by atoms with Gasteiger partial charge in [-0.25, -0.2) is 0 Å². The molecule has 2 aromatic carbocycles. The van der Waals surface area contributed by atoms with Crippen LogP contribution in [0.15, 0.2) is 33.1 Å². The topological polar surface area (TPSA) is 26.3 Å². The molecule has 2 nitrogen and oxygen atoms in total. The third-order valence-electron chi connectivity index (χ3n) is 2.35. The van der Waals surface area contributed by atoms with Crippen LogP contribution in [0, 0.1) is 0 Å². The van der Waals surface area contributed by atoms with Crippen LogP contribution in [0.1, 0.15) is 0 Å². The summed E-state index contributed by atoms with van der Waals surface area (Å²) in [5.41, 5.74) is 4.02. The molecular formula is C10H4O2. The molecule has 12 heavy (non-hydrogen) atoms. The smallest absolute Gasteiger partial charge is 0.178 e. The third kappa shape index (κ3) is 0.451. The Morgan fingerprint density at radius 1 is 0.833 bits per heavy atom. The van der Waals surface area contributed by atoms with E-state index in [9.17, 15) is 0 Å². The SMILES string of the molecule is c1cc2oc2c2cc3oc3cc12. The average molecular weight is 156 g/mol. The van der Waals surface area contributed by atoms with Crippen LogP contribution in [-0.2, 0) is 0 Å².